The van der Waals surface area contributed by atoms with Crippen molar-refractivity contribution in [3.63, 3.8) is 0 Å². The second-order valence-electron chi connectivity index (χ2n) is 6.28. The number of benzene rings is 2. The molecule has 2 aromatic carbocycles. The van der Waals surface area contributed by atoms with Gasteiger partial charge in [-0.1, -0.05) is 35.9 Å². The zero-order valence-corrected chi connectivity index (χ0v) is 14.7. The Morgan fingerprint density at radius 3 is 2.56 bits per heavy atom. The fourth-order valence-corrected chi connectivity index (χ4v) is 3.43. The van der Waals surface area contributed by atoms with Crippen LogP contribution in [-0.4, -0.2) is 27.1 Å². The summed E-state index contributed by atoms with van der Waals surface area (Å²) >= 11 is 5.95. The highest BCUT2D eigenvalue weighted by Crippen LogP contribution is 2.22. The quantitative estimate of drug-likeness (QED) is 0.699. The molecule has 1 aromatic heterocycles. The predicted octanol–water partition coefficient (Wildman–Crippen LogP) is 4.03. The Morgan fingerprint density at radius 1 is 1.08 bits per heavy atom. The first kappa shape index (κ1) is 15.9. The second kappa shape index (κ2) is 6.37. The standard InChI is InChI=1S/C20H18ClN3O/c1-14-19(12-22-24(14)18-8-6-17(21)7-9-18)20(25)23-11-10-15-4-2-3-5-16(15)13-23/h2-9,12H,10-11,13H2,1H3. The third kappa shape index (κ3) is 2.94. The SMILES string of the molecule is Cc1c(C(=O)N2CCc3ccccc3C2)cnn1-c1ccc(Cl)cc1. The first-order valence-electron chi connectivity index (χ1n) is 8.30. The monoisotopic (exact) mass is 351 g/mol. The molecule has 3 aromatic rings. The lowest BCUT2D eigenvalue weighted by Crippen LogP contribution is -2.36. The minimum Gasteiger partial charge on any atom is -0.334 e. The van der Waals surface area contributed by atoms with Gasteiger partial charge < -0.3 is 4.90 Å². The molecule has 0 saturated heterocycles. The zero-order chi connectivity index (χ0) is 17.4. The molecular formula is C20H18ClN3O. The van der Waals surface area contributed by atoms with Crippen LogP contribution in [0.15, 0.2) is 54.7 Å². The Morgan fingerprint density at radius 2 is 1.80 bits per heavy atom. The molecule has 4 rings (SSSR count). The molecule has 4 nitrogen and oxygen atoms in total. The fraction of sp³-hybridized carbons (Fsp3) is 0.200. The molecule has 0 fully saturated rings. The van der Waals surface area contributed by atoms with Crippen LogP contribution in [0.3, 0.4) is 0 Å². The Kier molecular flexibility index (Phi) is 4.06. The minimum atomic E-state index is 0.0345. The van der Waals surface area contributed by atoms with Gasteiger partial charge in [0.2, 0.25) is 0 Å². The maximum Gasteiger partial charge on any atom is 0.257 e. The van der Waals surface area contributed by atoms with E-state index in [2.05, 4.69) is 23.3 Å². The van der Waals surface area contributed by atoms with E-state index in [4.69, 9.17) is 11.6 Å². The maximum atomic E-state index is 13.0. The predicted molar refractivity (Wildman–Crippen MR) is 98.2 cm³/mol. The van der Waals surface area contributed by atoms with Gasteiger partial charge in [0.1, 0.15) is 0 Å². The molecule has 0 aliphatic carbocycles. The van der Waals surface area contributed by atoms with E-state index < -0.39 is 0 Å². The third-order valence-electron chi connectivity index (χ3n) is 4.73. The van der Waals surface area contributed by atoms with Gasteiger partial charge in [-0.05, 0) is 48.7 Å². The van der Waals surface area contributed by atoms with E-state index in [1.54, 1.807) is 10.9 Å². The molecular weight excluding hydrogens is 334 g/mol. The van der Waals surface area contributed by atoms with Crippen molar-refractivity contribution < 1.29 is 4.79 Å². The van der Waals surface area contributed by atoms with Crippen LogP contribution in [0.2, 0.25) is 5.02 Å². The molecule has 0 spiro atoms. The van der Waals surface area contributed by atoms with Gasteiger partial charge in [-0.3, -0.25) is 4.79 Å². The van der Waals surface area contributed by atoms with Crippen LogP contribution in [0.25, 0.3) is 5.69 Å². The van der Waals surface area contributed by atoms with Gasteiger partial charge >= 0.3 is 0 Å². The topological polar surface area (TPSA) is 38.1 Å². The van der Waals surface area contributed by atoms with E-state index in [0.717, 1.165) is 24.3 Å². The van der Waals surface area contributed by atoms with Crippen molar-refractivity contribution in [1.29, 1.82) is 0 Å². The number of carbonyl (C=O) groups excluding carboxylic acids is 1. The van der Waals surface area contributed by atoms with Gasteiger partial charge in [0.05, 0.1) is 23.1 Å². The van der Waals surface area contributed by atoms with E-state index in [1.165, 1.54) is 11.1 Å². The van der Waals surface area contributed by atoms with Crippen molar-refractivity contribution in [1.82, 2.24) is 14.7 Å². The molecule has 126 valence electrons. The van der Waals surface area contributed by atoms with Gasteiger partial charge in [-0.2, -0.15) is 5.10 Å². The van der Waals surface area contributed by atoms with Crippen molar-refractivity contribution in [2.75, 3.05) is 6.54 Å². The van der Waals surface area contributed by atoms with Crippen LogP contribution >= 0.6 is 11.6 Å². The number of carbonyl (C=O) groups is 1. The number of halogens is 1. The Balaban J connectivity index is 1.60. The molecule has 0 radical (unpaired) electrons. The molecule has 0 N–H and O–H groups in total. The summed E-state index contributed by atoms with van der Waals surface area (Å²) in [5.74, 6) is 0.0345. The van der Waals surface area contributed by atoms with E-state index in [-0.39, 0.29) is 5.91 Å². The highest BCUT2D eigenvalue weighted by atomic mass is 35.5. The van der Waals surface area contributed by atoms with Gasteiger partial charge in [0.15, 0.2) is 0 Å². The summed E-state index contributed by atoms with van der Waals surface area (Å²) in [4.78, 5) is 14.9. The van der Waals surface area contributed by atoms with Crippen molar-refractivity contribution >= 4 is 17.5 Å². The normalized spacial score (nSPS) is 13.6. The van der Waals surface area contributed by atoms with E-state index in [0.29, 0.717) is 17.1 Å². The van der Waals surface area contributed by atoms with Crippen molar-refractivity contribution in [3.05, 3.63) is 82.1 Å². The number of amides is 1. The van der Waals surface area contributed by atoms with E-state index in [9.17, 15) is 4.79 Å². The Labute approximate surface area is 151 Å². The molecule has 5 heteroatoms. The summed E-state index contributed by atoms with van der Waals surface area (Å²) in [6, 6.07) is 15.7. The van der Waals surface area contributed by atoms with Gasteiger partial charge in [-0.25, -0.2) is 4.68 Å². The minimum absolute atomic E-state index is 0.0345. The lowest BCUT2D eigenvalue weighted by atomic mass is 9.99. The molecule has 2 heterocycles. The summed E-state index contributed by atoms with van der Waals surface area (Å²) in [6.45, 7) is 3.31. The van der Waals surface area contributed by atoms with Crippen LogP contribution in [0.4, 0.5) is 0 Å². The molecule has 0 saturated carbocycles. The highest BCUT2D eigenvalue weighted by Gasteiger charge is 2.24. The van der Waals surface area contributed by atoms with Crippen molar-refractivity contribution in [3.8, 4) is 5.69 Å². The number of aromatic nitrogens is 2. The zero-order valence-electron chi connectivity index (χ0n) is 13.9. The summed E-state index contributed by atoms with van der Waals surface area (Å²) in [7, 11) is 0. The first-order chi connectivity index (χ1) is 12.1. The molecule has 0 atom stereocenters. The highest BCUT2D eigenvalue weighted by molar-refractivity contribution is 6.30. The van der Waals surface area contributed by atoms with Crippen molar-refractivity contribution in [2.45, 2.75) is 19.9 Å². The molecule has 1 amide bonds. The summed E-state index contributed by atoms with van der Waals surface area (Å²) in [5.41, 5.74) is 4.94. The van der Waals surface area contributed by atoms with Crippen molar-refractivity contribution in [2.24, 2.45) is 0 Å². The molecule has 0 unspecified atom stereocenters. The van der Waals surface area contributed by atoms with E-state index >= 15 is 0 Å². The van der Waals surface area contributed by atoms with Crippen LogP contribution in [0.1, 0.15) is 27.2 Å². The lowest BCUT2D eigenvalue weighted by molar-refractivity contribution is 0.0734. The van der Waals surface area contributed by atoms with Crippen LogP contribution in [0, 0.1) is 6.92 Å². The van der Waals surface area contributed by atoms with Gasteiger partial charge in [0, 0.05) is 18.1 Å². The van der Waals surface area contributed by atoms with E-state index in [1.807, 2.05) is 42.2 Å². The maximum absolute atomic E-state index is 13.0. The molecule has 0 bridgehead atoms. The summed E-state index contributed by atoms with van der Waals surface area (Å²) in [6.07, 6.45) is 2.55. The number of rotatable bonds is 2. The molecule has 1 aliphatic heterocycles. The number of hydrogen-bond acceptors (Lipinski definition) is 2. The second-order valence-corrected chi connectivity index (χ2v) is 6.71. The number of fused-ring (bicyclic) bond motifs is 1. The first-order valence-corrected chi connectivity index (χ1v) is 8.68. The average Bonchev–Trinajstić information content (AvgIpc) is 3.03. The van der Waals surface area contributed by atoms with Gasteiger partial charge in [0.25, 0.3) is 5.91 Å². The average molecular weight is 352 g/mol. The third-order valence-corrected chi connectivity index (χ3v) is 4.98. The fourth-order valence-electron chi connectivity index (χ4n) is 3.30. The number of nitrogens with zero attached hydrogens (tertiary/aromatic N) is 3. The summed E-state index contributed by atoms with van der Waals surface area (Å²) < 4.78 is 1.78. The van der Waals surface area contributed by atoms with Crippen LogP contribution in [0.5, 0.6) is 0 Å². The van der Waals surface area contributed by atoms with Crippen LogP contribution < -0.4 is 0 Å². The smallest absolute Gasteiger partial charge is 0.257 e. The molecule has 1 aliphatic rings. The molecule has 25 heavy (non-hydrogen) atoms. The Hall–Kier alpha value is -2.59. The summed E-state index contributed by atoms with van der Waals surface area (Å²) in [5, 5.41) is 5.08. The van der Waals surface area contributed by atoms with Crippen LogP contribution in [-0.2, 0) is 13.0 Å². The largest absolute Gasteiger partial charge is 0.334 e. The van der Waals surface area contributed by atoms with Gasteiger partial charge in [-0.15, -0.1) is 0 Å². The number of hydrogen-bond donors (Lipinski definition) is 0. The Bertz CT molecular complexity index is 930. The lowest BCUT2D eigenvalue weighted by Gasteiger charge is -2.28.